The first-order valence-electron chi connectivity index (χ1n) is 12.8. The highest BCUT2D eigenvalue weighted by atomic mass is 16.6. The number of amides is 2. The maximum Gasteiger partial charge on any atom is 0.408 e. The predicted octanol–water partition coefficient (Wildman–Crippen LogP) is 4.14. The summed E-state index contributed by atoms with van der Waals surface area (Å²) in [7, 11) is 0. The number of nitrogens with one attached hydrogen (secondary N) is 1. The minimum atomic E-state index is -1.07. The first-order chi connectivity index (χ1) is 18.1. The third-order valence-electron chi connectivity index (χ3n) is 5.90. The molecule has 0 saturated carbocycles. The normalized spacial score (nSPS) is 15.9. The van der Waals surface area contributed by atoms with Crippen molar-refractivity contribution in [1.82, 2.24) is 10.2 Å². The summed E-state index contributed by atoms with van der Waals surface area (Å²) in [6, 6.07) is 16.7. The van der Waals surface area contributed by atoms with Gasteiger partial charge in [-0.25, -0.2) is 9.59 Å². The van der Waals surface area contributed by atoms with Gasteiger partial charge in [-0.1, -0.05) is 60.7 Å². The van der Waals surface area contributed by atoms with Gasteiger partial charge in [0.1, 0.15) is 30.9 Å². The molecule has 9 nitrogen and oxygen atoms in total. The maximum absolute atomic E-state index is 13.5. The van der Waals surface area contributed by atoms with E-state index in [4.69, 9.17) is 14.2 Å². The summed E-state index contributed by atoms with van der Waals surface area (Å²) < 4.78 is 16.1. The topological polar surface area (TPSA) is 111 Å². The van der Waals surface area contributed by atoms with Crippen molar-refractivity contribution in [3.8, 4) is 0 Å². The SMILES string of the molecule is CC(C)(C)OC(=O)N[C@@H](CCC(=O)OCc1ccccc1)C(=O)N1CCC[C@H]1C(=O)OCc1ccccc1. The smallest absolute Gasteiger partial charge is 0.408 e. The number of nitrogens with zero attached hydrogens (tertiary/aromatic N) is 1. The number of ether oxygens (including phenoxy) is 3. The summed E-state index contributed by atoms with van der Waals surface area (Å²) in [6.45, 7) is 5.69. The molecule has 0 bridgehead atoms. The van der Waals surface area contributed by atoms with Crippen molar-refractivity contribution >= 4 is 23.9 Å². The molecule has 0 aliphatic carbocycles. The van der Waals surface area contributed by atoms with Gasteiger partial charge in [-0.05, 0) is 51.2 Å². The molecule has 0 radical (unpaired) electrons. The van der Waals surface area contributed by atoms with Crippen LogP contribution in [0.1, 0.15) is 57.6 Å². The minimum Gasteiger partial charge on any atom is -0.461 e. The van der Waals surface area contributed by atoms with Crippen LogP contribution >= 0.6 is 0 Å². The largest absolute Gasteiger partial charge is 0.461 e. The molecule has 1 aliphatic rings. The van der Waals surface area contributed by atoms with Gasteiger partial charge in [0.15, 0.2) is 0 Å². The fourth-order valence-electron chi connectivity index (χ4n) is 4.08. The second-order valence-electron chi connectivity index (χ2n) is 10.2. The molecule has 1 aliphatic heterocycles. The van der Waals surface area contributed by atoms with Crippen LogP contribution in [0.3, 0.4) is 0 Å². The first-order valence-corrected chi connectivity index (χ1v) is 12.8. The third-order valence-corrected chi connectivity index (χ3v) is 5.90. The standard InChI is InChI=1S/C29H36N2O7/c1-29(2,3)38-28(35)30-23(16-17-25(32)36-19-21-11-6-4-7-12-21)26(33)31-18-10-15-24(31)27(34)37-20-22-13-8-5-9-14-22/h4-9,11-14,23-24H,10,15-20H2,1-3H3,(H,30,35)/t23-,24-/m0/s1. The minimum absolute atomic E-state index is 0.00597. The molecule has 2 amide bonds. The Morgan fingerprint density at radius 3 is 2.08 bits per heavy atom. The lowest BCUT2D eigenvalue weighted by Gasteiger charge is -2.29. The number of alkyl carbamates (subject to hydrolysis) is 1. The Labute approximate surface area is 223 Å². The van der Waals surface area contributed by atoms with Gasteiger partial charge in [-0.15, -0.1) is 0 Å². The van der Waals surface area contributed by atoms with Crippen molar-refractivity contribution in [3.05, 3.63) is 71.8 Å². The van der Waals surface area contributed by atoms with Gasteiger partial charge < -0.3 is 24.4 Å². The van der Waals surface area contributed by atoms with Gasteiger partial charge in [0.2, 0.25) is 5.91 Å². The maximum atomic E-state index is 13.5. The quantitative estimate of drug-likeness (QED) is 0.367. The van der Waals surface area contributed by atoms with Gasteiger partial charge in [0.25, 0.3) is 0 Å². The Bertz CT molecular complexity index is 1080. The van der Waals surface area contributed by atoms with E-state index in [0.29, 0.717) is 19.4 Å². The number of hydrogen-bond acceptors (Lipinski definition) is 7. The molecule has 0 spiro atoms. The number of likely N-dealkylation sites (tertiary alicyclic amines) is 1. The van der Waals surface area contributed by atoms with Crippen LogP contribution in [-0.4, -0.2) is 53.1 Å². The van der Waals surface area contributed by atoms with E-state index < -0.39 is 41.6 Å². The van der Waals surface area contributed by atoms with Gasteiger partial charge >= 0.3 is 18.0 Å². The van der Waals surface area contributed by atoms with E-state index in [0.717, 1.165) is 11.1 Å². The Hall–Kier alpha value is -3.88. The molecule has 9 heteroatoms. The van der Waals surface area contributed by atoms with Crippen LogP contribution < -0.4 is 5.32 Å². The summed E-state index contributed by atoms with van der Waals surface area (Å²) in [5.74, 6) is -1.47. The zero-order valence-electron chi connectivity index (χ0n) is 22.2. The fourth-order valence-corrected chi connectivity index (χ4v) is 4.08. The van der Waals surface area contributed by atoms with Crippen LogP contribution in [0.4, 0.5) is 4.79 Å². The molecule has 204 valence electrons. The van der Waals surface area contributed by atoms with Crippen molar-refractivity contribution in [2.24, 2.45) is 0 Å². The molecular formula is C29H36N2O7. The van der Waals surface area contributed by atoms with E-state index in [2.05, 4.69) is 5.32 Å². The number of esters is 2. The zero-order chi connectivity index (χ0) is 27.5. The molecule has 1 fully saturated rings. The van der Waals surface area contributed by atoms with Gasteiger partial charge in [-0.2, -0.15) is 0 Å². The summed E-state index contributed by atoms with van der Waals surface area (Å²) in [4.78, 5) is 52.7. The highest BCUT2D eigenvalue weighted by Gasteiger charge is 2.39. The number of carbonyl (C=O) groups excluding carboxylic acids is 4. The van der Waals surface area contributed by atoms with Crippen LogP contribution in [0.25, 0.3) is 0 Å². The lowest BCUT2D eigenvalue weighted by atomic mass is 10.1. The van der Waals surface area contributed by atoms with Crippen molar-refractivity contribution < 1.29 is 33.4 Å². The summed E-state index contributed by atoms with van der Waals surface area (Å²) >= 11 is 0. The molecule has 38 heavy (non-hydrogen) atoms. The van der Waals surface area contributed by atoms with Crippen molar-refractivity contribution in [1.29, 1.82) is 0 Å². The van der Waals surface area contributed by atoms with Crippen LogP contribution in [-0.2, 0) is 41.8 Å². The highest BCUT2D eigenvalue weighted by molar-refractivity contribution is 5.90. The molecule has 3 rings (SSSR count). The second kappa shape index (κ2) is 13.6. The van der Waals surface area contributed by atoms with Crippen molar-refractivity contribution in [2.75, 3.05) is 6.54 Å². The van der Waals surface area contributed by atoms with Crippen molar-refractivity contribution in [3.63, 3.8) is 0 Å². The average Bonchev–Trinajstić information content (AvgIpc) is 3.38. The van der Waals surface area contributed by atoms with E-state index in [9.17, 15) is 19.2 Å². The monoisotopic (exact) mass is 524 g/mol. The average molecular weight is 525 g/mol. The molecule has 0 aromatic heterocycles. The second-order valence-corrected chi connectivity index (χ2v) is 10.2. The number of rotatable bonds is 10. The van der Waals surface area contributed by atoms with Crippen LogP contribution in [0.15, 0.2) is 60.7 Å². The van der Waals surface area contributed by atoms with Gasteiger partial charge in [-0.3, -0.25) is 9.59 Å². The van der Waals surface area contributed by atoms with E-state index in [1.807, 2.05) is 60.7 Å². The third kappa shape index (κ3) is 9.21. The van der Waals surface area contributed by atoms with Crippen LogP contribution in [0.2, 0.25) is 0 Å². The number of benzene rings is 2. The molecule has 1 heterocycles. The van der Waals surface area contributed by atoms with E-state index in [1.54, 1.807) is 20.8 Å². The number of hydrogen-bond donors (Lipinski definition) is 1. The summed E-state index contributed by atoms with van der Waals surface area (Å²) in [5, 5.41) is 2.58. The highest BCUT2D eigenvalue weighted by Crippen LogP contribution is 2.22. The van der Waals surface area contributed by atoms with E-state index >= 15 is 0 Å². The van der Waals surface area contributed by atoms with Crippen LogP contribution in [0.5, 0.6) is 0 Å². The Morgan fingerprint density at radius 2 is 1.50 bits per heavy atom. The lowest BCUT2D eigenvalue weighted by molar-refractivity contribution is -0.155. The molecule has 1 saturated heterocycles. The Morgan fingerprint density at radius 1 is 0.921 bits per heavy atom. The molecule has 2 atom stereocenters. The summed E-state index contributed by atoms with van der Waals surface area (Å²) in [5.41, 5.74) is 0.911. The molecule has 2 aromatic carbocycles. The molecule has 2 aromatic rings. The lowest BCUT2D eigenvalue weighted by Crippen LogP contribution is -2.52. The van der Waals surface area contributed by atoms with E-state index in [1.165, 1.54) is 4.90 Å². The predicted molar refractivity (Wildman–Crippen MR) is 140 cm³/mol. The number of carbonyl (C=O) groups is 4. The van der Waals surface area contributed by atoms with Crippen LogP contribution in [0, 0.1) is 0 Å². The Kier molecular flexibility index (Phi) is 10.3. The molecule has 0 unspecified atom stereocenters. The van der Waals surface area contributed by atoms with Gasteiger partial charge in [0, 0.05) is 13.0 Å². The first kappa shape index (κ1) is 28.7. The van der Waals surface area contributed by atoms with Crippen molar-refractivity contribution in [2.45, 2.75) is 77.4 Å². The fraction of sp³-hybridized carbons (Fsp3) is 0.448. The summed E-state index contributed by atoms with van der Waals surface area (Å²) in [6.07, 6.45) is 0.187. The van der Waals surface area contributed by atoms with E-state index in [-0.39, 0.29) is 26.1 Å². The zero-order valence-corrected chi connectivity index (χ0v) is 22.2. The molecule has 1 N–H and O–H groups in total. The Balaban J connectivity index is 1.63. The van der Waals surface area contributed by atoms with Gasteiger partial charge in [0.05, 0.1) is 0 Å². The molecular weight excluding hydrogens is 488 g/mol.